The molecule has 0 saturated carbocycles. The molecule has 0 saturated heterocycles. The van der Waals surface area contributed by atoms with Crippen LogP contribution in [0.25, 0.3) is 16.1 Å². The number of Topliss-reactive ketones (excluding diaryl/α,β-unsaturated/α-hetero) is 1. The van der Waals surface area contributed by atoms with Crippen molar-refractivity contribution in [1.29, 1.82) is 0 Å². The molecule has 2 aromatic carbocycles. The van der Waals surface area contributed by atoms with Crippen molar-refractivity contribution in [3.8, 4) is 16.1 Å². The van der Waals surface area contributed by atoms with Gasteiger partial charge in [-0.3, -0.25) is 4.79 Å². The van der Waals surface area contributed by atoms with E-state index in [0.717, 1.165) is 16.9 Å². The second kappa shape index (κ2) is 8.26. The van der Waals surface area contributed by atoms with Gasteiger partial charge in [0.1, 0.15) is 12.0 Å². The van der Waals surface area contributed by atoms with Gasteiger partial charge < -0.3 is 9.67 Å². The third kappa shape index (κ3) is 3.79. The number of carboxylic acid groups (broad SMARTS) is 1. The lowest BCUT2D eigenvalue weighted by Gasteiger charge is -2.06. The average molecular weight is 437 g/mol. The molecule has 2 heterocycles. The molecule has 0 atom stereocenters. The van der Waals surface area contributed by atoms with Gasteiger partial charge in [0.05, 0.1) is 11.3 Å². The SMILES string of the molecule is Cc1c(C(=O)Cc2csc(-c3ccc(Cl)cc3)c2C(=O)O)ncn1-c1ccccc1. The highest BCUT2D eigenvalue weighted by Gasteiger charge is 2.23. The van der Waals surface area contributed by atoms with E-state index in [1.807, 2.05) is 41.8 Å². The summed E-state index contributed by atoms with van der Waals surface area (Å²) in [5.74, 6) is -1.28. The number of hydrogen-bond acceptors (Lipinski definition) is 4. The standard InChI is InChI=1S/C23H17ClN2O3S/c1-14-21(25-13-26(14)18-5-3-2-4-6-18)19(27)11-16-12-30-22(20(16)23(28)29)15-7-9-17(24)10-8-15/h2-10,12-13H,11H2,1H3,(H,28,29). The van der Waals surface area contributed by atoms with Crippen molar-refractivity contribution in [2.24, 2.45) is 0 Å². The molecule has 0 fully saturated rings. The summed E-state index contributed by atoms with van der Waals surface area (Å²) in [6, 6.07) is 16.6. The fourth-order valence-corrected chi connectivity index (χ4v) is 4.56. The Bertz CT molecular complexity index is 1230. The van der Waals surface area contributed by atoms with Crippen molar-refractivity contribution in [3.05, 3.63) is 93.8 Å². The van der Waals surface area contributed by atoms with Crippen molar-refractivity contribution in [1.82, 2.24) is 9.55 Å². The number of hydrogen-bond donors (Lipinski definition) is 1. The number of imidazole rings is 1. The third-order valence-electron chi connectivity index (χ3n) is 4.84. The molecule has 1 N–H and O–H groups in total. The Hall–Kier alpha value is -3.22. The number of aromatic nitrogens is 2. The van der Waals surface area contributed by atoms with Crippen LogP contribution >= 0.6 is 22.9 Å². The number of aromatic carboxylic acids is 1. The lowest BCUT2D eigenvalue weighted by Crippen LogP contribution is -2.10. The Labute approximate surface area is 182 Å². The van der Waals surface area contributed by atoms with Crippen molar-refractivity contribution in [2.45, 2.75) is 13.3 Å². The van der Waals surface area contributed by atoms with E-state index in [9.17, 15) is 14.7 Å². The Morgan fingerprint density at radius 3 is 2.47 bits per heavy atom. The Balaban J connectivity index is 1.65. The smallest absolute Gasteiger partial charge is 0.337 e. The van der Waals surface area contributed by atoms with E-state index >= 15 is 0 Å². The maximum absolute atomic E-state index is 13.0. The minimum Gasteiger partial charge on any atom is -0.478 e. The monoisotopic (exact) mass is 436 g/mol. The summed E-state index contributed by atoms with van der Waals surface area (Å²) in [6.07, 6.45) is 1.58. The summed E-state index contributed by atoms with van der Waals surface area (Å²) in [6.45, 7) is 1.83. The van der Waals surface area contributed by atoms with Crippen LogP contribution in [0.1, 0.15) is 32.1 Å². The van der Waals surface area contributed by atoms with Crippen LogP contribution in [0.15, 0.2) is 66.3 Å². The highest BCUT2D eigenvalue weighted by molar-refractivity contribution is 7.14. The number of benzene rings is 2. The highest BCUT2D eigenvalue weighted by Crippen LogP contribution is 2.34. The second-order valence-corrected chi connectivity index (χ2v) is 8.08. The van der Waals surface area contributed by atoms with Crippen LogP contribution < -0.4 is 0 Å². The normalized spacial score (nSPS) is 10.9. The lowest BCUT2D eigenvalue weighted by atomic mass is 10.0. The number of carbonyl (C=O) groups is 2. The van der Waals surface area contributed by atoms with Crippen molar-refractivity contribution in [3.63, 3.8) is 0 Å². The van der Waals surface area contributed by atoms with Crippen molar-refractivity contribution in [2.75, 3.05) is 0 Å². The summed E-state index contributed by atoms with van der Waals surface area (Å²) in [7, 11) is 0. The maximum atomic E-state index is 13.0. The molecule has 7 heteroatoms. The molecule has 0 unspecified atom stereocenters. The number of para-hydroxylation sites is 1. The molecule has 150 valence electrons. The van der Waals surface area contributed by atoms with Crippen LogP contribution in [0.4, 0.5) is 0 Å². The topological polar surface area (TPSA) is 72.2 Å². The maximum Gasteiger partial charge on any atom is 0.337 e. The van der Waals surface area contributed by atoms with Crippen molar-refractivity contribution >= 4 is 34.7 Å². The van der Waals surface area contributed by atoms with Gasteiger partial charge in [0.15, 0.2) is 5.78 Å². The molecule has 4 rings (SSSR count). The number of rotatable bonds is 6. The lowest BCUT2D eigenvalue weighted by molar-refractivity contribution is 0.0697. The first-order valence-corrected chi connectivity index (χ1v) is 10.4. The number of carboxylic acids is 1. The van der Waals surface area contributed by atoms with E-state index in [0.29, 0.717) is 21.2 Å². The van der Waals surface area contributed by atoms with E-state index in [4.69, 9.17) is 11.6 Å². The number of thiophene rings is 1. The van der Waals surface area contributed by atoms with Crippen LogP contribution in [-0.2, 0) is 6.42 Å². The van der Waals surface area contributed by atoms with Crippen molar-refractivity contribution < 1.29 is 14.7 Å². The quantitative estimate of drug-likeness (QED) is 0.394. The molecule has 5 nitrogen and oxygen atoms in total. The molecule has 0 radical (unpaired) electrons. The van der Waals surface area contributed by atoms with E-state index < -0.39 is 5.97 Å². The molecule has 0 amide bonds. The molecule has 30 heavy (non-hydrogen) atoms. The molecular weight excluding hydrogens is 420 g/mol. The summed E-state index contributed by atoms with van der Waals surface area (Å²) < 4.78 is 1.85. The zero-order valence-electron chi connectivity index (χ0n) is 16.0. The number of halogens is 1. The van der Waals surface area contributed by atoms with E-state index in [1.54, 1.807) is 36.0 Å². The molecule has 0 aliphatic carbocycles. The molecule has 0 aliphatic heterocycles. The highest BCUT2D eigenvalue weighted by atomic mass is 35.5. The summed E-state index contributed by atoms with van der Waals surface area (Å²) in [4.78, 5) is 29.8. The average Bonchev–Trinajstić information content (AvgIpc) is 3.33. The van der Waals surface area contributed by atoms with Crippen LogP contribution in [0.5, 0.6) is 0 Å². The first-order chi connectivity index (χ1) is 14.5. The Morgan fingerprint density at radius 2 is 1.80 bits per heavy atom. The van der Waals surface area contributed by atoms with Gasteiger partial charge in [-0.15, -0.1) is 11.3 Å². The zero-order chi connectivity index (χ0) is 21.3. The number of carbonyl (C=O) groups excluding carboxylic acids is 1. The first kappa shape index (κ1) is 20.1. The second-order valence-electron chi connectivity index (χ2n) is 6.76. The van der Waals surface area contributed by atoms with Crippen LogP contribution in [0.2, 0.25) is 5.02 Å². The van der Waals surface area contributed by atoms with E-state index in [1.165, 1.54) is 11.3 Å². The van der Waals surface area contributed by atoms with E-state index in [-0.39, 0.29) is 17.8 Å². The van der Waals surface area contributed by atoms with Gasteiger partial charge in [0.2, 0.25) is 0 Å². The molecular formula is C23H17ClN2O3S. The first-order valence-electron chi connectivity index (χ1n) is 9.18. The fourth-order valence-electron chi connectivity index (χ4n) is 3.36. The van der Waals surface area contributed by atoms with Crippen LogP contribution in [-0.4, -0.2) is 26.4 Å². The minimum atomic E-state index is -1.06. The molecule has 0 bridgehead atoms. The molecule has 0 aliphatic rings. The van der Waals surface area contributed by atoms with Gasteiger partial charge >= 0.3 is 5.97 Å². The van der Waals surface area contributed by atoms with Gasteiger partial charge in [0, 0.05) is 22.0 Å². The summed E-state index contributed by atoms with van der Waals surface area (Å²) in [5.41, 5.74) is 3.36. The van der Waals surface area contributed by atoms with Gasteiger partial charge in [-0.2, -0.15) is 0 Å². The Kier molecular flexibility index (Phi) is 5.53. The van der Waals surface area contributed by atoms with Gasteiger partial charge in [0.25, 0.3) is 0 Å². The third-order valence-corrected chi connectivity index (χ3v) is 6.17. The zero-order valence-corrected chi connectivity index (χ0v) is 17.6. The minimum absolute atomic E-state index is 0.0294. The van der Waals surface area contributed by atoms with Gasteiger partial charge in [-0.25, -0.2) is 9.78 Å². The van der Waals surface area contributed by atoms with Crippen LogP contribution in [0, 0.1) is 6.92 Å². The molecule has 4 aromatic rings. The summed E-state index contributed by atoms with van der Waals surface area (Å²) in [5, 5.41) is 12.1. The molecule has 0 spiro atoms. The number of nitrogens with zero attached hydrogens (tertiary/aromatic N) is 2. The predicted molar refractivity (Wildman–Crippen MR) is 118 cm³/mol. The Morgan fingerprint density at radius 1 is 1.10 bits per heavy atom. The number of ketones is 1. The predicted octanol–water partition coefficient (Wildman–Crippen LogP) is 5.69. The molecule has 2 aromatic heterocycles. The van der Waals surface area contributed by atoms with E-state index in [2.05, 4.69) is 4.98 Å². The van der Waals surface area contributed by atoms with Crippen LogP contribution in [0.3, 0.4) is 0 Å². The van der Waals surface area contributed by atoms with Gasteiger partial charge in [-0.1, -0.05) is 41.9 Å². The fraction of sp³-hybridized carbons (Fsp3) is 0.0870. The van der Waals surface area contributed by atoms with Gasteiger partial charge in [-0.05, 0) is 47.7 Å². The summed E-state index contributed by atoms with van der Waals surface area (Å²) >= 11 is 7.24. The largest absolute Gasteiger partial charge is 0.478 e.